The highest BCUT2D eigenvalue weighted by Crippen LogP contribution is 2.28. The lowest BCUT2D eigenvalue weighted by molar-refractivity contribution is -0.133. The zero-order chi connectivity index (χ0) is 14.7. The molecule has 0 spiro atoms. The second kappa shape index (κ2) is 5.87. The Kier molecular flexibility index (Phi) is 4.19. The zero-order valence-corrected chi connectivity index (χ0v) is 11.8. The zero-order valence-electron chi connectivity index (χ0n) is 11.8. The van der Waals surface area contributed by atoms with Gasteiger partial charge < -0.3 is 4.90 Å². The average molecular weight is 270 g/mol. The maximum atomic E-state index is 12.5. The van der Waals surface area contributed by atoms with Crippen LogP contribution in [-0.4, -0.2) is 18.2 Å². The van der Waals surface area contributed by atoms with Crippen molar-refractivity contribution >= 4 is 17.4 Å². The van der Waals surface area contributed by atoms with Crippen LogP contribution in [0.1, 0.15) is 30.4 Å². The van der Waals surface area contributed by atoms with Crippen LogP contribution in [-0.2, 0) is 9.59 Å². The van der Waals surface area contributed by atoms with E-state index in [0.29, 0.717) is 13.0 Å². The van der Waals surface area contributed by atoms with Gasteiger partial charge in [0.2, 0.25) is 5.91 Å². The highest BCUT2D eigenvalue weighted by atomic mass is 16.2. The van der Waals surface area contributed by atoms with Gasteiger partial charge in [-0.15, -0.1) is 0 Å². The van der Waals surface area contributed by atoms with E-state index in [-0.39, 0.29) is 18.1 Å². The van der Waals surface area contributed by atoms with Crippen molar-refractivity contribution in [3.63, 3.8) is 0 Å². The molecule has 1 saturated heterocycles. The first kappa shape index (κ1) is 14.3. The number of amides is 1. The summed E-state index contributed by atoms with van der Waals surface area (Å²) in [5, 5.41) is 8.62. The molecule has 1 aromatic rings. The van der Waals surface area contributed by atoms with Crippen LogP contribution in [0.3, 0.4) is 0 Å². The summed E-state index contributed by atoms with van der Waals surface area (Å²) >= 11 is 0. The number of piperidine rings is 1. The van der Waals surface area contributed by atoms with Gasteiger partial charge in [-0.05, 0) is 43.9 Å². The van der Waals surface area contributed by atoms with Gasteiger partial charge in [0.25, 0.3) is 0 Å². The lowest BCUT2D eigenvalue weighted by Crippen LogP contribution is -2.44. The third-order valence-electron chi connectivity index (χ3n) is 3.74. The summed E-state index contributed by atoms with van der Waals surface area (Å²) in [4.78, 5) is 26.1. The Bertz CT molecular complexity index is 587. The highest BCUT2D eigenvalue weighted by Gasteiger charge is 2.34. The van der Waals surface area contributed by atoms with E-state index in [1.54, 1.807) is 4.90 Å². The molecule has 0 N–H and O–H groups in total. The fourth-order valence-corrected chi connectivity index (χ4v) is 2.62. The van der Waals surface area contributed by atoms with Crippen molar-refractivity contribution in [2.24, 2.45) is 5.92 Å². The second-order valence-corrected chi connectivity index (χ2v) is 5.28. The van der Waals surface area contributed by atoms with E-state index < -0.39 is 5.92 Å². The van der Waals surface area contributed by atoms with Crippen LogP contribution < -0.4 is 4.90 Å². The van der Waals surface area contributed by atoms with Crippen LogP contribution in [0.4, 0.5) is 5.69 Å². The van der Waals surface area contributed by atoms with Gasteiger partial charge in [0.1, 0.15) is 0 Å². The first-order valence-electron chi connectivity index (χ1n) is 6.83. The van der Waals surface area contributed by atoms with Gasteiger partial charge in [0.05, 0.1) is 18.4 Å². The topological polar surface area (TPSA) is 61.2 Å². The molecule has 0 aliphatic carbocycles. The first-order chi connectivity index (χ1) is 9.54. The molecule has 1 aliphatic rings. The molecule has 1 fully saturated rings. The number of hydrogen-bond acceptors (Lipinski definition) is 3. The molecule has 1 atom stereocenters. The molecule has 1 amide bonds. The summed E-state index contributed by atoms with van der Waals surface area (Å²) in [7, 11) is 0. The molecule has 104 valence electrons. The fraction of sp³-hybridized carbons (Fsp3) is 0.438. The minimum Gasteiger partial charge on any atom is -0.312 e. The van der Waals surface area contributed by atoms with Crippen molar-refractivity contribution in [1.29, 1.82) is 5.26 Å². The number of rotatable bonds is 3. The lowest BCUT2D eigenvalue weighted by Gasteiger charge is -2.32. The molecular weight excluding hydrogens is 252 g/mol. The van der Waals surface area contributed by atoms with E-state index in [2.05, 4.69) is 0 Å². The average Bonchev–Trinajstić information content (AvgIpc) is 2.42. The highest BCUT2D eigenvalue weighted by molar-refractivity contribution is 6.09. The normalized spacial score (nSPS) is 18.8. The van der Waals surface area contributed by atoms with Gasteiger partial charge in [0, 0.05) is 12.2 Å². The minimum atomic E-state index is -0.650. The molecule has 1 aromatic carbocycles. The minimum absolute atomic E-state index is 0.162. The number of carbonyl (C=O) groups excluding carboxylic acids is 2. The van der Waals surface area contributed by atoms with Crippen molar-refractivity contribution in [1.82, 2.24) is 0 Å². The number of carbonyl (C=O) groups is 2. The van der Waals surface area contributed by atoms with Gasteiger partial charge >= 0.3 is 0 Å². The Morgan fingerprint density at radius 1 is 1.45 bits per heavy atom. The second-order valence-electron chi connectivity index (χ2n) is 5.28. The van der Waals surface area contributed by atoms with Gasteiger partial charge in [-0.3, -0.25) is 9.59 Å². The number of aryl methyl sites for hydroxylation is 2. The van der Waals surface area contributed by atoms with Crippen LogP contribution in [0.15, 0.2) is 18.2 Å². The van der Waals surface area contributed by atoms with E-state index in [9.17, 15) is 9.59 Å². The molecule has 1 aliphatic heterocycles. The van der Waals surface area contributed by atoms with E-state index in [1.165, 1.54) is 0 Å². The molecule has 0 radical (unpaired) electrons. The number of benzene rings is 1. The molecule has 0 aromatic heterocycles. The Hall–Kier alpha value is -2.15. The predicted octanol–water partition coefficient (Wildman–Crippen LogP) is 2.53. The van der Waals surface area contributed by atoms with Gasteiger partial charge in [0.15, 0.2) is 5.78 Å². The number of hydrogen-bond donors (Lipinski definition) is 0. The van der Waals surface area contributed by atoms with Gasteiger partial charge in [-0.25, -0.2) is 0 Å². The van der Waals surface area contributed by atoms with Crippen molar-refractivity contribution in [3.8, 4) is 6.07 Å². The number of nitriles is 1. The molecule has 4 heteroatoms. The molecule has 0 saturated carbocycles. The van der Waals surface area contributed by atoms with Crippen molar-refractivity contribution in [2.75, 3.05) is 11.4 Å². The SMILES string of the molecule is Cc1ccc(C)c(N2CCC[C@@H](C(=O)CC#N)C2=O)c1. The maximum Gasteiger partial charge on any atom is 0.237 e. The number of ketones is 1. The Morgan fingerprint density at radius 3 is 2.90 bits per heavy atom. The van der Waals surface area contributed by atoms with E-state index in [0.717, 1.165) is 23.2 Å². The van der Waals surface area contributed by atoms with Crippen LogP contribution in [0.25, 0.3) is 0 Å². The summed E-state index contributed by atoms with van der Waals surface area (Å²) in [6.07, 6.45) is 1.17. The van der Waals surface area contributed by atoms with Gasteiger partial charge in [-0.2, -0.15) is 5.26 Å². The largest absolute Gasteiger partial charge is 0.312 e. The Balaban J connectivity index is 2.29. The summed E-state index contributed by atoms with van der Waals surface area (Å²) < 4.78 is 0. The van der Waals surface area contributed by atoms with E-state index in [4.69, 9.17) is 5.26 Å². The summed E-state index contributed by atoms with van der Waals surface area (Å²) in [5.74, 6) is -1.07. The molecule has 1 heterocycles. The van der Waals surface area contributed by atoms with Crippen molar-refractivity contribution < 1.29 is 9.59 Å². The summed E-state index contributed by atoms with van der Waals surface area (Å²) in [6, 6.07) is 7.81. The smallest absolute Gasteiger partial charge is 0.237 e. The van der Waals surface area contributed by atoms with E-state index >= 15 is 0 Å². The summed E-state index contributed by atoms with van der Waals surface area (Å²) in [6.45, 7) is 4.58. The quantitative estimate of drug-likeness (QED) is 0.793. The Labute approximate surface area is 119 Å². The molecule has 2 rings (SSSR count). The predicted molar refractivity (Wildman–Crippen MR) is 76.2 cm³/mol. The lowest BCUT2D eigenvalue weighted by atomic mass is 9.90. The third-order valence-corrected chi connectivity index (χ3v) is 3.74. The van der Waals surface area contributed by atoms with Crippen LogP contribution in [0.5, 0.6) is 0 Å². The molecular formula is C16H18N2O2. The van der Waals surface area contributed by atoms with Crippen LogP contribution in [0, 0.1) is 31.1 Å². The summed E-state index contributed by atoms with van der Waals surface area (Å²) in [5.41, 5.74) is 2.99. The number of anilines is 1. The van der Waals surface area contributed by atoms with Crippen molar-refractivity contribution in [3.05, 3.63) is 29.3 Å². The van der Waals surface area contributed by atoms with Crippen LogP contribution in [0.2, 0.25) is 0 Å². The monoisotopic (exact) mass is 270 g/mol. The first-order valence-corrected chi connectivity index (χ1v) is 6.83. The molecule has 0 bridgehead atoms. The molecule has 0 unspecified atom stereocenters. The number of nitrogens with zero attached hydrogens (tertiary/aromatic N) is 2. The fourth-order valence-electron chi connectivity index (χ4n) is 2.62. The third kappa shape index (κ3) is 2.72. The number of Topliss-reactive ketones (excluding diaryl/α,β-unsaturated/α-hetero) is 1. The van der Waals surface area contributed by atoms with Gasteiger partial charge in [-0.1, -0.05) is 12.1 Å². The molecule has 20 heavy (non-hydrogen) atoms. The Morgan fingerprint density at radius 2 is 2.20 bits per heavy atom. The van der Waals surface area contributed by atoms with E-state index in [1.807, 2.05) is 38.1 Å². The molecule has 4 nitrogen and oxygen atoms in total. The standard InChI is InChI=1S/C16H18N2O2/c1-11-5-6-12(2)14(10-11)18-9-3-4-13(16(18)20)15(19)7-8-17/h5-6,10,13H,3-4,7,9H2,1-2H3/t13-/m0/s1. The van der Waals surface area contributed by atoms with Crippen molar-refractivity contribution in [2.45, 2.75) is 33.1 Å². The van der Waals surface area contributed by atoms with Crippen LogP contribution >= 0.6 is 0 Å². The maximum absolute atomic E-state index is 12.5.